The standard InChI is InChI=1S/C9H15F5N2/c1-6(5-15-16(3)4)7(8(2,10)11)9(12,13)14/h15H,5H2,1-4H3. The van der Waals surface area contributed by atoms with E-state index in [-0.39, 0.29) is 13.5 Å². The van der Waals surface area contributed by atoms with Crippen LogP contribution in [0.2, 0.25) is 0 Å². The summed E-state index contributed by atoms with van der Waals surface area (Å²) in [5.74, 6) is -3.89. The highest BCUT2D eigenvalue weighted by molar-refractivity contribution is 5.24. The Labute approximate surface area is 91.1 Å². The fourth-order valence-corrected chi connectivity index (χ4v) is 1.23. The zero-order valence-corrected chi connectivity index (χ0v) is 9.54. The van der Waals surface area contributed by atoms with Gasteiger partial charge in [-0.3, -0.25) is 10.4 Å². The lowest BCUT2D eigenvalue weighted by Crippen LogP contribution is -2.35. The average molecular weight is 246 g/mol. The molecule has 0 aromatic rings. The maximum absolute atomic E-state index is 12.8. The molecule has 0 amide bonds. The predicted molar refractivity (Wildman–Crippen MR) is 51.1 cm³/mol. The third-order valence-corrected chi connectivity index (χ3v) is 1.81. The Balaban J connectivity index is 5.09. The number of alkyl halides is 5. The molecule has 0 rings (SSSR count). The second-order valence-electron chi connectivity index (χ2n) is 3.77. The van der Waals surface area contributed by atoms with Crippen LogP contribution in [-0.4, -0.2) is 37.7 Å². The number of allylic oxidation sites excluding steroid dienone is 1. The van der Waals surface area contributed by atoms with Gasteiger partial charge in [0.2, 0.25) is 0 Å². The van der Waals surface area contributed by atoms with Crippen LogP contribution in [-0.2, 0) is 0 Å². The van der Waals surface area contributed by atoms with Gasteiger partial charge in [0.1, 0.15) is 5.57 Å². The van der Waals surface area contributed by atoms with E-state index >= 15 is 0 Å². The zero-order chi connectivity index (χ0) is 13.1. The lowest BCUT2D eigenvalue weighted by molar-refractivity contribution is -0.126. The molecule has 96 valence electrons. The third kappa shape index (κ3) is 4.89. The lowest BCUT2D eigenvalue weighted by atomic mass is 10.0. The Morgan fingerprint density at radius 3 is 1.81 bits per heavy atom. The maximum atomic E-state index is 12.8. The van der Waals surface area contributed by atoms with Crippen LogP contribution >= 0.6 is 0 Å². The van der Waals surface area contributed by atoms with Crippen molar-refractivity contribution in [1.82, 2.24) is 10.4 Å². The van der Waals surface area contributed by atoms with E-state index in [1.165, 1.54) is 5.01 Å². The van der Waals surface area contributed by atoms with Crippen LogP contribution in [0.25, 0.3) is 0 Å². The minimum Gasteiger partial charge on any atom is -0.252 e. The number of hydrazine groups is 1. The monoisotopic (exact) mass is 246 g/mol. The molecule has 0 radical (unpaired) electrons. The molecular formula is C9H15F5N2. The average Bonchev–Trinajstić information content (AvgIpc) is 1.94. The van der Waals surface area contributed by atoms with Crippen molar-refractivity contribution in [1.29, 1.82) is 0 Å². The first kappa shape index (κ1) is 15.3. The molecule has 0 aromatic carbocycles. The molecule has 2 nitrogen and oxygen atoms in total. The number of nitrogens with one attached hydrogen (secondary N) is 1. The fraction of sp³-hybridized carbons (Fsp3) is 0.778. The minimum absolute atomic E-state index is 0.245. The quantitative estimate of drug-likeness (QED) is 0.466. The fourth-order valence-electron chi connectivity index (χ4n) is 1.23. The summed E-state index contributed by atoms with van der Waals surface area (Å²) in [6, 6.07) is 0. The van der Waals surface area contributed by atoms with E-state index in [1.54, 1.807) is 14.1 Å². The normalized spacial score (nSPS) is 15.4. The SMILES string of the molecule is CC(CNN(C)C)=C(C(C)(F)F)C(F)(F)F. The number of hydrogen-bond acceptors (Lipinski definition) is 2. The summed E-state index contributed by atoms with van der Waals surface area (Å²) in [6.45, 7) is 1.01. The Morgan fingerprint density at radius 2 is 1.56 bits per heavy atom. The van der Waals surface area contributed by atoms with Gasteiger partial charge in [-0.25, -0.2) is 8.78 Å². The molecule has 1 N–H and O–H groups in total. The van der Waals surface area contributed by atoms with Gasteiger partial charge in [-0.15, -0.1) is 0 Å². The van der Waals surface area contributed by atoms with E-state index in [1.807, 2.05) is 0 Å². The molecule has 0 aliphatic rings. The summed E-state index contributed by atoms with van der Waals surface area (Å²) in [5.41, 5.74) is 0.307. The van der Waals surface area contributed by atoms with Crippen LogP contribution in [0.3, 0.4) is 0 Å². The summed E-state index contributed by atoms with van der Waals surface area (Å²) in [5, 5.41) is 1.39. The van der Waals surface area contributed by atoms with Crippen molar-refractivity contribution >= 4 is 0 Å². The van der Waals surface area contributed by atoms with E-state index < -0.39 is 23.2 Å². The molecule has 0 aliphatic heterocycles. The minimum atomic E-state index is -5.02. The largest absolute Gasteiger partial charge is 0.418 e. The molecule has 0 fully saturated rings. The maximum Gasteiger partial charge on any atom is 0.418 e. The first-order valence-electron chi connectivity index (χ1n) is 4.52. The highest BCUT2D eigenvalue weighted by Crippen LogP contribution is 2.39. The van der Waals surface area contributed by atoms with Crippen molar-refractivity contribution in [2.24, 2.45) is 0 Å². The van der Waals surface area contributed by atoms with Crippen LogP contribution in [0.5, 0.6) is 0 Å². The number of rotatable bonds is 4. The Kier molecular flexibility index (Phi) is 4.87. The van der Waals surface area contributed by atoms with Crippen molar-refractivity contribution in [2.45, 2.75) is 25.9 Å². The smallest absolute Gasteiger partial charge is 0.252 e. The second kappa shape index (κ2) is 5.09. The first-order chi connectivity index (χ1) is 6.96. The highest BCUT2D eigenvalue weighted by atomic mass is 19.4. The molecule has 0 aromatic heterocycles. The van der Waals surface area contributed by atoms with Gasteiger partial charge in [-0.2, -0.15) is 13.2 Å². The van der Waals surface area contributed by atoms with Gasteiger partial charge in [0, 0.05) is 27.6 Å². The Morgan fingerprint density at radius 1 is 1.12 bits per heavy atom. The molecular weight excluding hydrogens is 231 g/mol. The van der Waals surface area contributed by atoms with Gasteiger partial charge in [0.05, 0.1) is 0 Å². The van der Waals surface area contributed by atoms with E-state index in [0.717, 1.165) is 6.92 Å². The van der Waals surface area contributed by atoms with Crippen LogP contribution in [0, 0.1) is 0 Å². The molecule has 0 aliphatic carbocycles. The molecule has 0 unspecified atom stereocenters. The van der Waals surface area contributed by atoms with Crippen molar-refractivity contribution < 1.29 is 22.0 Å². The molecule has 0 saturated heterocycles. The summed E-state index contributed by atoms with van der Waals surface area (Å²) in [7, 11) is 3.12. The summed E-state index contributed by atoms with van der Waals surface area (Å²) in [4.78, 5) is 0. The highest BCUT2D eigenvalue weighted by Gasteiger charge is 2.48. The Bertz CT molecular complexity index is 246. The molecule has 7 heteroatoms. The van der Waals surface area contributed by atoms with Gasteiger partial charge in [-0.05, 0) is 12.5 Å². The van der Waals surface area contributed by atoms with Crippen molar-refractivity contribution in [3.63, 3.8) is 0 Å². The summed E-state index contributed by atoms with van der Waals surface area (Å²) < 4.78 is 62.9. The van der Waals surface area contributed by atoms with Gasteiger partial charge >= 0.3 is 6.18 Å². The zero-order valence-electron chi connectivity index (χ0n) is 9.54. The third-order valence-electron chi connectivity index (χ3n) is 1.81. The molecule has 0 atom stereocenters. The van der Waals surface area contributed by atoms with Crippen molar-refractivity contribution in [3.05, 3.63) is 11.1 Å². The van der Waals surface area contributed by atoms with Crippen LogP contribution in [0.15, 0.2) is 11.1 Å². The topological polar surface area (TPSA) is 15.3 Å². The van der Waals surface area contributed by atoms with E-state index in [4.69, 9.17) is 0 Å². The van der Waals surface area contributed by atoms with Gasteiger partial charge in [0.15, 0.2) is 0 Å². The molecule has 16 heavy (non-hydrogen) atoms. The molecule has 0 spiro atoms. The van der Waals surface area contributed by atoms with Gasteiger partial charge in [-0.1, -0.05) is 0 Å². The van der Waals surface area contributed by atoms with E-state index in [0.29, 0.717) is 0 Å². The lowest BCUT2D eigenvalue weighted by Gasteiger charge is -2.22. The second-order valence-corrected chi connectivity index (χ2v) is 3.77. The van der Waals surface area contributed by atoms with Crippen molar-refractivity contribution in [2.75, 3.05) is 20.6 Å². The molecule has 0 bridgehead atoms. The number of nitrogens with zero attached hydrogens (tertiary/aromatic N) is 1. The van der Waals surface area contributed by atoms with E-state index in [2.05, 4.69) is 5.43 Å². The molecule has 0 heterocycles. The number of hydrogen-bond donors (Lipinski definition) is 1. The van der Waals surface area contributed by atoms with Crippen LogP contribution in [0.1, 0.15) is 13.8 Å². The predicted octanol–water partition coefficient (Wildman–Crippen LogP) is 2.59. The van der Waals surface area contributed by atoms with Crippen molar-refractivity contribution in [3.8, 4) is 0 Å². The van der Waals surface area contributed by atoms with Crippen LogP contribution in [0.4, 0.5) is 22.0 Å². The molecule has 0 saturated carbocycles. The Hall–Kier alpha value is -0.690. The van der Waals surface area contributed by atoms with Gasteiger partial charge in [0.25, 0.3) is 5.92 Å². The summed E-state index contributed by atoms with van der Waals surface area (Å²) in [6.07, 6.45) is -5.02. The van der Waals surface area contributed by atoms with E-state index in [9.17, 15) is 22.0 Å². The van der Waals surface area contributed by atoms with Gasteiger partial charge < -0.3 is 0 Å². The number of halogens is 5. The first-order valence-corrected chi connectivity index (χ1v) is 4.52. The summed E-state index contributed by atoms with van der Waals surface area (Å²) >= 11 is 0. The van der Waals surface area contributed by atoms with Crippen LogP contribution < -0.4 is 5.43 Å².